The summed E-state index contributed by atoms with van der Waals surface area (Å²) in [4.78, 5) is 4.30. The highest BCUT2D eigenvalue weighted by Crippen LogP contribution is 2.12. The fourth-order valence-corrected chi connectivity index (χ4v) is 1.10. The van der Waals surface area contributed by atoms with Crippen molar-refractivity contribution in [3.8, 4) is 5.75 Å². The van der Waals surface area contributed by atoms with Gasteiger partial charge >= 0.3 is 0 Å². The lowest BCUT2D eigenvalue weighted by molar-refractivity contribution is 0.414. The first-order valence-corrected chi connectivity index (χ1v) is 5.06. The number of methoxy groups -OCH3 is 1. The van der Waals surface area contributed by atoms with Gasteiger partial charge in [0.25, 0.3) is 0 Å². The van der Waals surface area contributed by atoms with Crippen LogP contribution in [0, 0.1) is 5.92 Å². The Morgan fingerprint density at radius 2 is 1.93 bits per heavy atom. The zero-order valence-corrected chi connectivity index (χ0v) is 9.53. The monoisotopic (exact) mass is 206 g/mol. The number of amidine groups is 1. The standard InChI is InChI=1S/C12H18N2O/c1-9(2)12(13)14-8-10-4-6-11(15-3)7-5-10/h4-7,9H,8H2,1-3H3,(H2,13,14). The molecule has 0 heterocycles. The fourth-order valence-electron chi connectivity index (χ4n) is 1.10. The van der Waals surface area contributed by atoms with Crippen LogP contribution in [0.1, 0.15) is 19.4 Å². The average Bonchev–Trinajstić information content (AvgIpc) is 2.26. The van der Waals surface area contributed by atoms with Crippen molar-refractivity contribution in [2.24, 2.45) is 16.6 Å². The van der Waals surface area contributed by atoms with E-state index in [0.717, 1.165) is 11.3 Å². The summed E-state index contributed by atoms with van der Waals surface area (Å²) in [5.74, 6) is 1.87. The van der Waals surface area contributed by atoms with Crippen LogP contribution in [0.2, 0.25) is 0 Å². The van der Waals surface area contributed by atoms with Crippen LogP contribution in [0.25, 0.3) is 0 Å². The third-order valence-corrected chi connectivity index (χ3v) is 2.19. The quantitative estimate of drug-likeness (QED) is 0.606. The summed E-state index contributed by atoms with van der Waals surface area (Å²) in [6.45, 7) is 4.70. The molecule has 1 aromatic rings. The lowest BCUT2D eigenvalue weighted by Crippen LogP contribution is -2.18. The molecule has 0 aromatic heterocycles. The van der Waals surface area contributed by atoms with Crippen LogP contribution in [0.3, 0.4) is 0 Å². The number of rotatable bonds is 4. The molecule has 0 atom stereocenters. The third-order valence-electron chi connectivity index (χ3n) is 2.19. The summed E-state index contributed by atoms with van der Waals surface area (Å²) in [6.07, 6.45) is 0. The molecule has 0 bridgehead atoms. The van der Waals surface area contributed by atoms with E-state index in [-0.39, 0.29) is 0 Å². The maximum absolute atomic E-state index is 5.75. The number of aliphatic imine (C=N–C) groups is 1. The van der Waals surface area contributed by atoms with E-state index in [2.05, 4.69) is 4.99 Å². The Morgan fingerprint density at radius 1 is 1.33 bits per heavy atom. The zero-order chi connectivity index (χ0) is 11.3. The average molecular weight is 206 g/mol. The summed E-state index contributed by atoms with van der Waals surface area (Å²) >= 11 is 0. The zero-order valence-electron chi connectivity index (χ0n) is 9.53. The summed E-state index contributed by atoms with van der Waals surface area (Å²) in [6, 6.07) is 7.85. The highest BCUT2D eigenvalue weighted by molar-refractivity contribution is 5.82. The van der Waals surface area contributed by atoms with Crippen LogP contribution < -0.4 is 10.5 Å². The minimum atomic E-state index is 0.309. The van der Waals surface area contributed by atoms with E-state index in [1.54, 1.807) is 7.11 Å². The molecule has 82 valence electrons. The van der Waals surface area contributed by atoms with Crippen LogP contribution in [0.5, 0.6) is 5.75 Å². The Labute approximate surface area is 91.0 Å². The molecule has 0 unspecified atom stereocenters. The van der Waals surface area contributed by atoms with Crippen molar-refractivity contribution in [3.05, 3.63) is 29.8 Å². The molecule has 0 saturated heterocycles. The van der Waals surface area contributed by atoms with Crippen molar-refractivity contribution in [1.82, 2.24) is 0 Å². The van der Waals surface area contributed by atoms with Gasteiger partial charge in [0, 0.05) is 5.92 Å². The lowest BCUT2D eigenvalue weighted by atomic mass is 10.2. The Hall–Kier alpha value is -1.51. The maximum atomic E-state index is 5.75. The van der Waals surface area contributed by atoms with Gasteiger partial charge in [0.2, 0.25) is 0 Å². The fraction of sp³-hybridized carbons (Fsp3) is 0.417. The van der Waals surface area contributed by atoms with Gasteiger partial charge in [0.15, 0.2) is 0 Å². The first-order chi connectivity index (χ1) is 7.13. The predicted molar refractivity (Wildman–Crippen MR) is 63.2 cm³/mol. The molecule has 0 amide bonds. The molecule has 0 aliphatic rings. The molecule has 2 N–H and O–H groups in total. The molecule has 1 rings (SSSR count). The summed E-state index contributed by atoms with van der Waals surface area (Å²) in [7, 11) is 1.66. The van der Waals surface area contributed by atoms with E-state index in [1.165, 1.54) is 0 Å². The van der Waals surface area contributed by atoms with Crippen LogP contribution >= 0.6 is 0 Å². The minimum absolute atomic E-state index is 0.309. The van der Waals surface area contributed by atoms with Gasteiger partial charge in [-0.15, -0.1) is 0 Å². The second-order valence-corrected chi connectivity index (χ2v) is 3.74. The largest absolute Gasteiger partial charge is 0.497 e. The Balaban J connectivity index is 2.62. The number of hydrogen-bond acceptors (Lipinski definition) is 2. The number of ether oxygens (including phenoxy) is 1. The normalized spacial score (nSPS) is 11.9. The van der Waals surface area contributed by atoms with Crippen LogP contribution in [0.15, 0.2) is 29.3 Å². The van der Waals surface area contributed by atoms with E-state index >= 15 is 0 Å². The molecule has 15 heavy (non-hydrogen) atoms. The van der Waals surface area contributed by atoms with Crippen molar-refractivity contribution >= 4 is 5.84 Å². The molecule has 3 nitrogen and oxygen atoms in total. The van der Waals surface area contributed by atoms with Gasteiger partial charge in [-0.25, -0.2) is 0 Å². The van der Waals surface area contributed by atoms with E-state index in [1.807, 2.05) is 38.1 Å². The van der Waals surface area contributed by atoms with E-state index < -0.39 is 0 Å². The topological polar surface area (TPSA) is 47.6 Å². The minimum Gasteiger partial charge on any atom is -0.497 e. The number of nitrogens with zero attached hydrogens (tertiary/aromatic N) is 1. The summed E-state index contributed by atoms with van der Waals surface area (Å²) < 4.78 is 5.07. The molecule has 0 fully saturated rings. The van der Waals surface area contributed by atoms with Crippen LogP contribution in [-0.4, -0.2) is 12.9 Å². The van der Waals surface area contributed by atoms with Crippen molar-refractivity contribution in [2.45, 2.75) is 20.4 Å². The smallest absolute Gasteiger partial charge is 0.118 e. The van der Waals surface area contributed by atoms with Crippen molar-refractivity contribution in [3.63, 3.8) is 0 Å². The Morgan fingerprint density at radius 3 is 2.40 bits per heavy atom. The van der Waals surface area contributed by atoms with E-state index in [4.69, 9.17) is 10.5 Å². The molecule has 0 radical (unpaired) electrons. The Bertz CT molecular complexity index is 328. The molecular weight excluding hydrogens is 188 g/mol. The van der Waals surface area contributed by atoms with Gasteiger partial charge in [-0.1, -0.05) is 26.0 Å². The molecule has 0 aliphatic heterocycles. The Kier molecular flexibility index (Phi) is 4.16. The van der Waals surface area contributed by atoms with E-state index in [9.17, 15) is 0 Å². The number of benzene rings is 1. The highest BCUT2D eigenvalue weighted by atomic mass is 16.5. The molecule has 0 aliphatic carbocycles. The van der Waals surface area contributed by atoms with Crippen molar-refractivity contribution in [2.75, 3.05) is 7.11 Å². The lowest BCUT2D eigenvalue weighted by Gasteiger charge is -2.04. The van der Waals surface area contributed by atoms with Crippen molar-refractivity contribution < 1.29 is 4.74 Å². The maximum Gasteiger partial charge on any atom is 0.118 e. The summed E-state index contributed by atoms with van der Waals surface area (Å²) in [5.41, 5.74) is 6.88. The molecular formula is C12H18N2O. The third kappa shape index (κ3) is 3.62. The van der Waals surface area contributed by atoms with Crippen molar-refractivity contribution in [1.29, 1.82) is 0 Å². The highest BCUT2D eigenvalue weighted by Gasteiger charge is 1.98. The number of hydrogen-bond donors (Lipinski definition) is 1. The van der Waals surface area contributed by atoms with Crippen LogP contribution in [-0.2, 0) is 6.54 Å². The van der Waals surface area contributed by atoms with Gasteiger partial charge in [-0.05, 0) is 17.7 Å². The second-order valence-electron chi connectivity index (χ2n) is 3.74. The van der Waals surface area contributed by atoms with Gasteiger partial charge in [-0.2, -0.15) is 0 Å². The molecule has 3 heteroatoms. The summed E-state index contributed by atoms with van der Waals surface area (Å²) in [5, 5.41) is 0. The second kappa shape index (κ2) is 5.39. The SMILES string of the molecule is COc1ccc(CN=C(N)C(C)C)cc1. The van der Waals surface area contributed by atoms with Crippen LogP contribution in [0.4, 0.5) is 0 Å². The number of nitrogens with two attached hydrogens (primary N) is 1. The van der Waals surface area contributed by atoms with Gasteiger partial charge in [0.05, 0.1) is 19.5 Å². The van der Waals surface area contributed by atoms with Gasteiger partial charge in [-0.3, -0.25) is 4.99 Å². The predicted octanol–water partition coefficient (Wildman–Crippen LogP) is 2.21. The first kappa shape index (κ1) is 11.6. The van der Waals surface area contributed by atoms with Gasteiger partial charge < -0.3 is 10.5 Å². The molecule has 1 aromatic carbocycles. The van der Waals surface area contributed by atoms with E-state index in [0.29, 0.717) is 18.3 Å². The molecule has 0 saturated carbocycles. The van der Waals surface area contributed by atoms with Gasteiger partial charge in [0.1, 0.15) is 5.75 Å². The molecule has 0 spiro atoms. The first-order valence-electron chi connectivity index (χ1n) is 5.06.